The molecule has 8 aromatic carbocycles. The van der Waals surface area contributed by atoms with Crippen LogP contribution in [-0.2, 0) is 49.9 Å². The number of aromatic amines is 4. The van der Waals surface area contributed by atoms with Crippen LogP contribution in [0.1, 0.15) is 167 Å². The van der Waals surface area contributed by atoms with Crippen molar-refractivity contribution in [3.8, 4) is 0 Å². The summed E-state index contributed by atoms with van der Waals surface area (Å²) in [7, 11) is -3.40. The van der Waals surface area contributed by atoms with Crippen LogP contribution in [0.4, 0.5) is 17.1 Å². The fourth-order valence-corrected chi connectivity index (χ4v) is 10.8. The number of fused-ring (bicyclic) bond motifs is 8. The molecule has 8 N–H and O–H groups in total. The molecule has 20 heteroatoms. The first-order valence-corrected chi connectivity index (χ1v) is 37.0. The molecule has 0 bridgehead atoms. The second kappa shape index (κ2) is 51.2. The molecule has 546 valence electrons. The molecule has 1 aliphatic carbocycles. The molecule has 7 heterocycles. The van der Waals surface area contributed by atoms with Crippen molar-refractivity contribution in [2.24, 2.45) is 0 Å². The van der Waals surface area contributed by atoms with Crippen molar-refractivity contribution in [1.29, 1.82) is 0 Å². The van der Waals surface area contributed by atoms with Crippen molar-refractivity contribution in [1.82, 2.24) is 25.3 Å². The summed E-state index contributed by atoms with van der Waals surface area (Å²) in [6.45, 7) is 32.8. The van der Waals surface area contributed by atoms with Gasteiger partial charge < -0.3 is 40.6 Å². The lowest BCUT2D eigenvalue weighted by Crippen LogP contribution is -2.31. The number of carbonyl (C=O) groups excluding carboxylic acids is 5. The Morgan fingerprint density at radius 3 is 1.35 bits per heavy atom. The fourth-order valence-electron chi connectivity index (χ4n) is 9.49. The molecule has 0 saturated carbocycles. The quantitative estimate of drug-likeness (QED) is 0.0706. The Hall–Kier alpha value is -11.0. The second-order valence-corrected chi connectivity index (χ2v) is 21.6. The van der Waals surface area contributed by atoms with Crippen LogP contribution in [0.3, 0.4) is 0 Å². The van der Waals surface area contributed by atoms with Gasteiger partial charge in [0.2, 0.25) is 23.3 Å². The molecule has 0 spiro atoms. The Kier molecular flexibility index (Phi) is 44.7. The van der Waals surface area contributed by atoms with E-state index in [1.807, 2.05) is 269 Å². The van der Waals surface area contributed by atoms with Crippen molar-refractivity contribution in [2.45, 2.75) is 154 Å². The first-order chi connectivity index (χ1) is 49.6. The smallest absolute Gasteiger partial charge is 0.408 e. The summed E-state index contributed by atoms with van der Waals surface area (Å²) < 4.78 is 27.6. The molecule has 4 aliphatic heterocycles. The number of anilines is 3. The molecule has 16 rings (SSSR count). The molecular weight excluding hydrogens is 1310 g/mol. The zero-order chi connectivity index (χ0) is 76.4. The second-order valence-electron chi connectivity index (χ2n) is 19.7. The maximum atomic E-state index is 11.4. The average molecular weight is 1410 g/mol. The van der Waals surface area contributed by atoms with Gasteiger partial charge in [0, 0.05) is 53.5 Å². The van der Waals surface area contributed by atoms with E-state index in [1.165, 1.54) is 23.3 Å². The molecular formula is C82H106N8O11S. The SMILES string of the molecule is CC.CC.CC.CC.CC.CC.CC.CC.O=C1CCc2ccccc21.O=C1CCc2ccccc2N1.O=C1CS(=O)(=O)c2ccccc2N1.O=C1Cc2ccccc2N1.O=C1NCCc2ccccc21.O=c1[nH]c2ccccc2[nH]1.O=c1[nH]c2ccccc2o1.O=c1ccc2ccccc2[nH]1. The predicted molar refractivity (Wildman–Crippen MR) is 422 cm³/mol. The Bertz CT molecular complexity index is 4390. The number of nitrogens with one attached hydrogen (secondary N) is 8. The summed E-state index contributed by atoms with van der Waals surface area (Å²) in [5.41, 5.74) is 12.5. The zero-order valence-corrected chi connectivity index (χ0v) is 63.0. The number of sulfone groups is 1. The molecule has 4 amide bonds. The molecule has 0 unspecified atom stereocenters. The van der Waals surface area contributed by atoms with Gasteiger partial charge in [0.05, 0.1) is 33.6 Å². The predicted octanol–water partition coefficient (Wildman–Crippen LogP) is 17.7. The highest BCUT2D eigenvalue weighted by Crippen LogP contribution is 2.26. The average Bonchev–Trinajstić information content (AvgIpc) is 1.40. The Morgan fingerprint density at radius 1 is 0.343 bits per heavy atom. The van der Waals surface area contributed by atoms with Crippen LogP contribution >= 0.6 is 0 Å². The first kappa shape index (κ1) is 89.0. The number of pyridine rings is 1. The third-order valence-corrected chi connectivity index (χ3v) is 15.3. The van der Waals surface area contributed by atoms with Crippen LogP contribution in [0, 0.1) is 0 Å². The number of amides is 4. The summed E-state index contributed by atoms with van der Waals surface area (Å²) >= 11 is 0. The number of imidazole rings is 1. The summed E-state index contributed by atoms with van der Waals surface area (Å²) in [5, 5.41) is 11.9. The highest BCUT2D eigenvalue weighted by atomic mass is 32.2. The van der Waals surface area contributed by atoms with E-state index in [1.54, 1.807) is 30.3 Å². The van der Waals surface area contributed by atoms with E-state index in [0.717, 1.165) is 86.9 Å². The van der Waals surface area contributed by atoms with E-state index in [0.29, 0.717) is 36.3 Å². The summed E-state index contributed by atoms with van der Waals surface area (Å²) in [5.74, 6) is -0.739. The maximum Gasteiger partial charge on any atom is 0.417 e. The number of rotatable bonds is 0. The fraction of sp³-hybridized carbons (Fsp3) is 0.293. The van der Waals surface area contributed by atoms with Gasteiger partial charge in [-0.15, -0.1) is 0 Å². The largest absolute Gasteiger partial charge is 0.417 e. The van der Waals surface area contributed by atoms with E-state index in [4.69, 9.17) is 4.42 Å². The van der Waals surface area contributed by atoms with Crippen LogP contribution in [-0.4, -0.2) is 70.1 Å². The molecule has 11 aromatic rings. The number of Topliss-reactive ketones (excluding diaryl/α,β-unsaturated/α-hetero) is 1. The number of para-hydroxylation sites is 8. The highest BCUT2D eigenvalue weighted by molar-refractivity contribution is 7.92. The monoisotopic (exact) mass is 1410 g/mol. The number of aromatic nitrogens is 4. The van der Waals surface area contributed by atoms with Crippen LogP contribution in [0.15, 0.2) is 230 Å². The van der Waals surface area contributed by atoms with Crippen molar-refractivity contribution in [3.05, 3.63) is 271 Å². The van der Waals surface area contributed by atoms with E-state index in [2.05, 4.69) is 47.3 Å². The highest BCUT2D eigenvalue weighted by Gasteiger charge is 2.28. The molecule has 5 aliphatic rings. The Labute approximate surface area is 601 Å². The van der Waals surface area contributed by atoms with Gasteiger partial charge in [-0.25, -0.2) is 18.0 Å². The number of hydrogen-bond acceptors (Lipinski definition) is 11. The van der Waals surface area contributed by atoms with E-state index in [9.17, 15) is 46.8 Å². The van der Waals surface area contributed by atoms with Gasteiger partial charge in [0.25, 0.3) is 5.91 Å². The van der Waals surface area contributed by atoms with Crippen LogP contribution < -0.4 is 38.3 Å². The number of oxazole rings is 1. The van der Waals surface area contributed by atoms with Gasteiger partial charge in [-0.05, 0) is 114 Å². The van der Waals surface area contributed by atoms with Crippen molar-refractivity contribution >= 4 is 89.3 Å². The molecule has 0 atom stereocenters. The lowest BCUT2D eigenvalue weighted by atomic mass is 10.0. The lowest BCUT2D eigenvalue weighted by molar-refractivity contribution is -0.116. The molecule has 102 heavy (non-hydrogen) atoms. The molecule has 0 saturated heterocycles. The number of aryl methyl sites for hydroxylation is 2. The molecule has 0 fully saturated rings. The van der Waals surface area contributed by atoms with Gasteiger partial charge in [0.15, 0.2) is 21.2 Å². The third kappa shape index (κ3) is 29.4. The van der Waals surface area contributed by atoms with Crippen molar-refractivity contribution in [2.75, 3.05) is 28.2 Å². The topological polar surface area (TPSA) is 295 Å². The van der Waals surface area contributed by atoms with E-state index >= 15 is 0 Å². The maximum absolute atomic E-state index is 11.4. The normalized spacial score (nSPS) is 12.3. The van der Waals surface area contributed by atoms with Crippen LogP contribution in [0.2, 0.25) is 0 Å². The summed E-state index contributed by atoms with van der Waals surface area (Å²) in [6, 6.07) is 63.3. The summed E-state index contributed by atoms with van der Waals surface area (Å²) in [6.07, 6.45) is 4.64. The van der Waals surface area contributed by atoms with Crippen molar-refractivity contribution in [3.63, 3.8) is 0 Å². The van der Waals surface area contributed by atoms with Gasteiger partial charge in [-0.2, -0.15) is 0 Å². The number of carbonyl (C=O) groups is 5. The van der Waals surface area contributed by atoms with E-state index in [-0.39, 0.29) is 33.9 Å². The number of H-pyrrole nitrogens is 4. The van der Waals surface area contributed by atoms with Crippen LogP contribution in [0.25, 0.3) is 33.0 Å². The first-order valence-electron chi connectivity index (χ1n) is 35.3. The minimum Gasteiger partial charge on any atom is -0.408 e. The minimum atomic E-state index is -3.40. The number of ketones is 1. The van der Waals surface area contributed by atoms with Crippen molar-refractivity contribution < 1.29 is 36.8 Å². The number of hydrogen-bond donors (Lipinski definition) is 8. The standard InChI is InChI=1S/2C9H9NO.C9H7NO.C9H8O.C8H7NO3S.C8H7NO.C7H6N2O.C7H5NO2.8C2H6/c11-9-8-4-2-1-3-7(8)5-6-10-9;2*11-9-6-5-7-3-1-2-4-8(7)10-9;10-9-6-5-7-3-1-2-4-8(7)9;10-8-5-13(11,12)7-4-2-1-3-6(7)9-8;10-8-5-6-3-1-2-4-7(6)9-8;10-7-8-5-3-1-2-4-6(5)9-7;9-7-8-5-3-1-2-4-6(5)10-7;8*1-2/h2*1-4H,5-6H2,(H,10,11);1-6H,(H,10,11);1-4H,5-6H2;1-4H,5H2,(H,9,10);1-4H,5H2,(H,9,10);1-4H,(H2,8,9,10);1-4H,(H,8,9);8*1-2H3. The molecule has 19 nitrogen and oxygen atoms in total. The summed E-state index contributed by atoms with van der Waals surface area (Å²) in [4.78, 5) is 97.7. The number of benzene rings is 8. The van der Waals surface area contributed by atoms with Gasteiger partial charge in [-0.3, -0.25) is 33.8 Å². The van der Waals surface area contributed by atoms with Gasteiger partial charge in [-0.1, -0.05) is 244 Å². The molecule has 3 aromatic heterocycles. The Morgan fingerprint density at radius 2 is 0.784 bits per heavy atom. The van der Waals surface area contributed by atoms with Gasteiger partial charge in [0.1, 0.15) is 5.75 Å². The van der Waals surface area contributed by atoms with E-state index < -0.39 is 27.3 Å². The van der Waals surface area contributed by atoms with Crippen LogP contribution in [0.5, 0.6) is 0 Å². The zero-order valence-electron chi connectivity index (χ0n) is 62.2. The Balaban J connectivity index is 0.000000567. The lowest BCUT2D eigenvalue weighted by Gasteiger charge is -2.16. The third-order valence-electron chi connectivity index (χ3n) is 13.6. The van der Waals surface area contributed by atoms with Gasteiger partial charge >= 0.3 is 11.4 Å². The molecule has 0 radical (unpaired) electrons. The minimum absolute atomic E-state index is 0.0521.